The summed E-state index contributed by atoms with van der Waals surface area (Å²) in [7, 11) is 0. The second-order valence-electron chi connectivity index (χ2n) is 6.13. The van der Waals surface area contributed by atoms with Gasteiger partial charge >= 0.3 is 0 Å². The van der Waals surface area contributed by atoms with Gasteiger partial charge in [-0.2, -0.15) is 0 Å². The van der Waals surface area contributed by atoms with E-state index in [0.717, 1.165) is 22.3 Å². The van der Waals surface area contributed by atoms with Crippen molar-refractivity contribution in [1.29, 1.82) is 0 Å². The maximum absolute atomic E-state index is 12.4. The van der Waals surface area contributed by atoms with Crippen molar-refractivity contribution in [3.05, 3.63) is 52.3 Å². The Bertz CT molecular complexity index is 1060. The third-order valence-corrected chi connectivity index (χ3v) is 4.44. The standard InChI is InChI=1S/C19H16N2O5/c22-19-12(5-11-6-16-18(26-10-25-16)8-14(11)21-19)9-20-13-1-2-15-17(7-13)24-4-3-23-15/h1-2,5-8,20H,3-4,9-10H2,(H,21,22). The molecule has 0 bridgehead atoms. The van der Waals surface area contributed by atoms with E-state index in [1.807, 2.05) is 30.3 Å². The zero-order valence-corrected chi connectivity index (χ0v) is 13.8. The van der Waals surface area contributed by atoms with E-state index in [4.69, 9.17) is 18.9 Å². The molecule has 3 aromatic rings. The molecule has 3 heterocycles. The van der Waals surface area contributed by atoms with Gasteiger partial charge in [-0.3, -0.25) is 4.79 Å². The van der Waals surface area contributed by atoms with Gasteiger partial charge in [-0.15, -0.1) is 0 Å². The first-order chi connectivity index (χ1) is 12.8. The molecule has 0 amide bonds. The summed E-state index contributed by atoms with van der Waals surface area (Å²) in [6.07, 6.45) is 0. The van der Waals surface area contributed by atoms with Gasteiger partial charge in [0.1, 0.15) is 13.2 Å². The fraction of sp³-hybridized carbons (Fsp3) is 0.211. The van der Waals surface area contributed by atoms with Crippen LogP contribution < -0.4 is 29.8 Å². The number of fused-ring (bicyclic) bond motifs is 3. The van der Waals surface area contributed by atoms with Crippen LogP contribution in [0.25, 0.3) is 10.9 Å². The summed E-state index contributed by atoms with van der Waals surface area (Å²) >= 11 is 0. The Hall–Kier alpha value is -3.35. The van der Waals surface area contributed by atoms with E-state index in [9.17, 15) is 4.79 Å². The highest BCUT2D eigenvalue weighted by molar-refractivity contribution is 5.83. The highest BCUT2D eigenvalue weighted by Gasteiger charge is 2.16. The minimum Gasteiger partial charge on any atom is -0.486 e. The Balaban J connectivity index is 1.41. The molecule has 1 aromatic heterocycles. The summed E-state index contributed by atoms with van der Waals surface area (Å²) in [5.74, 6) is 2.79. The fourth-order valence-corrected chi connectivity index (χ4v) is 3.12. The van der Waals surface area contributed by atoms with Crippen LogP contribution in [0.5, 0.6) is 23.0 Å². The van der Waals surface area contributed by atoms with Crippen LogP contribution in [0.1, 0.15) is 5.56 Å². The largest absolute Gasteiger partial charge is 0.486 e. The second-order valence-corrected chi connectivity index (χ2v) is 6.13. The van der Waals surface area contributed by atoms with E-state index in [1.165, 1.54) is 0 Å². The number of aromatic amines is 1. The molecular formula is C19H16N2O5. The lowest BCUT2D eigenvalue weighted by Crippen LogP contribution is -2.17. The van der Waals surface area contributed by atoms with Crippen molar-refractivity contribution in [1.82, 2.24) is 4.98 Å². The lowest BCUT2D eigenvalue weighted by molar-refractivity contribution is 0.171. The summed E-state index contributed by atoms with van der Waals surface area (Å²) in [6.45, 7) is 1.69. The summed E-state index contributed by atoms with van der Waals surface area (Å²) in [6, 6.07) is 11.2. The van der Waals surface area contributed by atoms with E-state index in [0.29, 0.717) is 42.6 Å². The van der Waals surface area contributed by atoms with Crippen molar-refractivity contribution in [3.8, 4) is 23.0 Å². The van der Waals surface area contributed by atoms with Gasteiger partial charge in [0.25, 0.3) is 5.56 Å². The third kappa shape index (κ3) is 2.57. The number of aromatic nitrogens is 1. The van der Waals surface area contributed by atoms with Crippen molar-refractivity contribution in [2.75, 3.05) is 25.3 Å². The number of anilines is 1. The number of pyridine rings is 1. The Labute approximate surface area is 148 Å². The van der Waals surface area contributed by atoms with Crippen LogP contribution >= 0.6 is 0 Å². The SMILES string of the molecule is O=c1[nH]c2cc3c(cc2cc1CNc1ccc2c(c1)OCCO2)OCO3. The fourth-order valence-electron chi connectivity index (χ4n) is 3.12. The molecule has 0 aliphatic carbocycles. The number of hydrogen-bond donors (Lipinski definition) is 2. The average molecular weight is 352 g/mol. The Morgan fingerprint density at radius 2 is 1.65 bits per heavy atom. The zero-order chi connectivity index (χ0) is 17.5. The van der Waals surface area contributed by atoms with Gasteiger partial charge in [-0.1, -0.05) is 0 Å². The smallest absolute Gasteiger partial charge is 0.253 e. The first kappa shape index (κ1) is 14.9. The van der Waals surface area contributed by atoms with Crippen molar-refractivity contribution >= 4 is 16.6 Å². The van der Waals surface area contributed by atoms with E-state index in [2.05, 4.69) is 10.3 Å². The van der Waals surface area contributed by atoms with Crippen LogP contribution in [-0.2, 0) is 6.54 Å². The molecule has 7 heteroatoms. The van der Waals surface area contributed by atoms with E-state index >= 15 is 0 Å². The molecule has 2 aliphatic heterocycles. The van der Waals surface area contributed by atoms with Crippen molar-refractivity contribution in [2.45, 2.75) is 6.54 Å². The number of rotatable bonds is 3. The average Bonchev–Trinajstić information content (AvgIpc) is 3.11. The first-order valence-electron chi connectivity index (χ1n) is 8.35. The molecule has 0 unspecified atom stereocenters. The number of ether oxygens (including phenoxy) is 4. The van der Waals surface area contributed by atoms with Crippen molar-refractivity contribution in [2.24, 2.45) is 0 Å². The van der Waals surface area contributed by atoms with Gasteiger partial charge in [-0.05, 0) is 24.3 Å². The van der Waals surface area contributed by atoms with Gasteiger partial charge in [-0.25, -0.2) is 0 Å². The molecule has 2 aliphatic rings. The Morgan fingerprint density at radius 3 is 2.54 bits per heavy atom. The normalized spacial score (nSPS) is 14.5. The van der Waals surface area contributed by atoms with Gasteiger partial charge in [0.2, 0.25) is 6.79 Å². The van der Waals surface area contributed by atoms with Crippen LogP contribution in [0.2, 0.25) is 0 Å². The summed E-state index contributed by atoms with van der Waals surface area (Å²) in [5, 5.41) is 4.15. The minimum absolute atomic E-state index is 0.138. The van der Waals surface area contributed by atoms with Crippen LogP contribution in [0.15, 0.2) is 41.2 Å². The number of nitrogens with one attached hydrogen (secondary N) is 2. The van der Waals surface area contributed by atoms with Crippen molar-refractivity contribution < 1.29 is 18.9 Å². The second kappa shape index (κ2) is 5.87. The number of hydrogen-bond acceptors (Lipinski definition) is 6. The van der Waals surface area contributed by atoms with Crippen molar-refractivity contribution in [3.63, 3.8) is 0 Å². The maximum Gasteiger partial charge on any atom is 0.253 e. The highest BCUT2D eigenvalue weighted by atomic mass is 16.7. The summed E-state index contributed by atoms with van der Waals surface area (Å²) in [4.78, 5) is 15.3. The molecule has 0 fully saturated rings. The summed E-state index contributed by atoms with van der Waals surface area (Å²) in [5.41, 5.74) is 2.08. The van der Waals surface area contributed by atoms with Crippen LogP contribution in [0, 0.1) is 0 Å². The van der Waals surface area contributed by atoms with Gasteiger partial charge in [0.15, 0.2) is 23.0 Å². The molecular weight excluding hydrogens is 336 g/mol. The van der Waals surface area contributed by atoms with E-state index in [-0.39, 0.29) is 12.4 Å². The molecule has 0 atom stereocenters. The van der Waals surface area contributed by atoms with Crippen LogP contribution in [0.4, 0.5) is 5.69 Å². The molecule has 7 nitrogen and oxygen atoms in total. The highest BCUT2D eigenvalue weighted by Crippen LogP contribution is 2.35. The number of benzene rings is 2. The monoisotopic (exact) mass is 352 g/mol. The van der Waals surface area contributed by atoms with E-state index < -0.39 is 0 Å². The van der Waals surface area contributed by atoms with Gasteiger partial charge in [0, 0.05) is 35.3 Å². The lowest BCUT2D eigenvalue weighted by Gasteiger charge is -2.19. The zero-order valence-electron chi connectivity index (χ0n) is 13.8. The molecule has 132 valence electrons. The number of H-pyrrole nitrogens is 1. The lowest BCUT2D eigenvalue weighted by atomic mass is 10.1. The first-order valence-corrected chi connectivity index (χ1v) is 8.35. The molecule has 0 saturated heterocycles. The quantitative estimate of drug-likeness (QED) is 0.754. The molecule has 2 N–H and O–H groups in total. The Kier molecular flexibility index (Phi) is 3.38. The minimum atomic E-state index is -0.138. The van der Waals surface area contributed by atoms with Gasteiger partial charge < -0.3 is 29.2 Å². The predicted molar refractivity (Wildman–Crippen MR) is 95.5 cm³/mol. The van der Waals surface area contributed by atoms with Gasteiger partial charge in [0.05, 0.1) is 5.52 Å². The van der Waals surface area contributed by atoms with Crippen LogP contribution in [0.3, 0.4) is 0 Å². The molecule has 5 rings (SSSR count). The predicted octanol–water partition coefficient (Wildman–Crippen LogP) is 2.64. The van der Waals surface area contributed by atoms with E-state index in [1.54, 1.807) is 6.07 Å². The molecule has 0 radical (unpaired) electrons. The Morgan fingerprint density at radius 1 is 0.885 bits per heavy atom. The third-order valence-electron chi connectivity index (χ3n) is 4.44. The maximum atomic E-state index is 12.4. The van der Waals surface area contributed by atoms with Crippen LogP contribution in [-0.4, -0.2) is 25.0 Å². The summed E-state index contributed by atoms with van der Waals surface area (Å²) < 4.78 is 21.8. The molecule has 0 saturated carbocycles. The molecule has 2 aromatic carbocycles. The molecule has 26 heavy (non-hydrogen) atoms. The topological polar surface area (TPSA) is 81.8 Å². The molecule has 0 spiro atoms.